The second kappa shape index (κ2) is 15.2. The molecule has 0 aliphatic rings. The van der Waals surface area contributed by atoms with Crippen LogP contribution >= 0.6 is 45.5 Å². The fourth-order valence-electron chi connectivity index (χ4n) is 1.83. The van der Waals surface area contributed by atoms with E-state index in [9.17, 15) is 14.8 Å². The van der Waals surface area contributed by atoms with Crippen molar-refractivity contribution in [3.8, 4) is 11.5 Å². The maximum atomic E-state index is 9.62. The molecule has 9 heteroatoms. The normalized spacial score (nSPS) is 10.3. The van der Waals surface area contributed by atoms with Gasteiger partial charge in [0.05, 0.1) is 5.49 Å². The number of rotatable bonds is 6. The molecule has 5 nitrogen and oxygen atoms in total. The molecule has 0 aromatic heterocycles. The summed E-state index contributed by atoms with van der Waals surface area (Å²) in [6.07, 6.45) is 2.76. The molecule has 0 fully saturated rings. The Labute approximate surface area is 177 Å². The molecule has 152 valence electrons. The number of benzene rings is 2. The van der Waals surface area contributed by atoms with Gasteiger partial charge in [-0.2, -0.15) is 37.9 Å². The fourth-order valence-corrected chi connectivity index (χ4v) is 2.23. The maximum absolute atomic E-state index is 9.62. The van der Waals surface area contributed by atoms with Gasteiger partial charge in [-0.05, 0) is 54.0 Å². The number of aromatic hydroxyl groups is 2. The molecule has 27 heavy (non-hydrogen) atoms. The molecule has 0 atom stereocenters. The van der Waals surface area contributed by atoms with Crippen molar-refractivity contribution >= 4 is 45.5 Å². The summed E-state index contributed by atoms with van der Waals surface area (Å²) in [7, 11) is -3.78. The van der Waals surface area contributed by atoms with E-state index in [1.807, 2.05) is 36.4 Å². The second-order valence-corrected chi connectivity index (χ2v) is 8.72. The molecule has 0 saturated carbocycles. The van der Waals surface area contributed by atoms with Crippen LogP contribution in [0.2, 0.25) is 0 Å². The van der Waals surface area contributed by atoms with Gasteiger partial charge in [-0.3, -0.25) is 4.57 Å². The Morgan fingerprint density at radius 1 is 0.741 bits per heavy atom. The van der Waals surface area contributed by atoms with Crippen molar-refractivity contribution < 1.29 is 24.6 Å². The van der Waals surface area contributed by atoms with E-state index in [1.165, 1.54) is 0 Å². The molecule has 4 N–H and O–H groups in total. The molecule has 0 aliphatic heterocycles. The summed E-state index contributed by atoms with van der Waals surface area (Å²) in [5.41, 5.74) is 1.62. The fraction of sp³-hybridized carbons (Fsp3) is 0.333. The Bertz CT molecular complexity index is 694. The van der Waals surface area contributed by atoms with Crippen LogP contribution in [0.5, 0.6) is 11.5 Å². The van der Waals surface area contributed by atoms with Gasteiger partial charge < -0.3 is 20.0 Å². The number of phenolic OH excluding ortho intramolecular Hbond substituents is 2. The van der Waals surface area contributed by atoms with Crippen LogP contribution in [0, 0.1) is 0 Å². The first-order chi connectivity index (χ1) is 12.7. The number of aryl methyl sites for hydroxylation is 2. The highest BCUT2D eigenvalue weighted by molar-refractivity contribution is 7.88. The molecule has 0 unspecified atom stereocenters. The first kappa shape index (κ1) is 26.2. The predicted octanol–water partition coefficient (Wildman–Crippen LogP) is 4.17. The lowest BCUT2D eigenvalue weighted by molar-refractivity contribution is 0.379. The average molecular weight is 451 g/mol. The molecule has 0 amide bonds. The van der Waals surface area contributed by atoms with E-state index >= 15 is 0 Å². The van der Waals surface area contributed by atoms with E-state index in [0.29, 0.717) is 11.5 Å². The Morgan fingerprint density at radius 2 is 1.15 bits per heavy atom. The number of hydrogen-bond acceptors (Lipinski definition) is 6. The van der Waals surface area contributed by atoms with Crippen molar-refractivity contribution in [2.75, 3.05) is 17.0 Å². The Kier molecular flexibility index (Phi) is 14.8. The summed E-state index contributed by atoms with van der Waals surface area (Å²) >= 11 is 11.5. The highest BCUT2D eigenvalue weighted by Crippen LogP contribution is 2.34. The standard InChI is InChI=1S/C9H12OS.C8H10OS.CH5O3PS/c10-9-6-2-1-4-8(9)5-3-7-11;9-8-4-2-1-3-7(8)5-6-10;2-5(3,4)1-6/h1-2,4,6,10-11H,3,5,7H2;1-4,9-10H,5-6H2;6H,1H2,(H2,2,3,4). The van der Waals surface area contributed by atoms with Crippen LogP contribution < -0.4 is 0 Å². The molecule has 0 saturated heterocycles. The lowest BCUT2D eigenvalue weighted by Crippen LogP contribution is -1.85. The highest BCUT2D eigenvalue weighted by atomic mass is 32.1. The van der Waals surface area contributed by atoms with Gasteiger partial charge in [0.2, 0.25) is 0 Å². The third-order valence-corrected chi connectivity index (χ3v) is 5.17. The highest BCUT2D eigenvalue weighted by Gasteiger charge is 2.06. The molecule has 2 aromatic rings. The SMILES string of the molecule is O=P(O)(O)CS.Oc1ccccc1CCCS.Oc1ccccc1CCS. The number of thiol groups is 3. The third-order valence-electron chi connectivity index (χ3n) is 3.15. The predicted molar refractivity (Wildman–Crippen MR) is 122 cm³/mol. The molecule has 0 aliphatic carbocycles. The van der Waals surface area contributed by atoms with Crippen molar-refractivity contribution in [1.29, 1.82) is 0 Å². The van der Waals surface area contributed by atoms with Gasteiger partial charge in [-0.25, -0.2) is 0 Å². The third kappa shape index (κ3) is 14.0. The summed E-state index contributed by atoms with van der Waals surface area (Å²) in [4.78, 5) is 15.7. The zero-order valence-corrected chi connectivity index (χ0v) is 18.4. The van der Waals surface area contributed by atoms with Crippen molar-refractivity contribution in [3.63, 3.8) is 0 Å². The van der Waals surface area contributed by atoms with Crippen LogP contribution in [0.4, 0.5) is 0 Å². The van der Waals surface area contributed by atoms with Crippen LogP contribution in [0.15, 0.2) is 48.5 Å². The average Bonchev–Trinajstić information content (AvgIpc) is 2.64. The van der Waals surface area contributed by atoms with Crippen LogP contribution in [0.25, 0.3) is 0 Å². The van der Waals surface area contributed by atoms with E-state index in [2.05, 4.69) is 37.9 Å². The quantitative estimate of drug-likeness (QED) is 0.265. The summed E-state index contributed by atoms with van der Waals surface area (Å²) in [6, 6.07) is 14.8. The van der Waals surface area contributed by atoms with E-state index in [1.54, 1.807) is 12.1 Å². The first-order valence-corrected chi connectivity index (χ1v) is 11.9. The minimum Gasteiger partial charge on any atom is -0.508 e. The van der Waals surface area contributed by atoms with Gasteiger partial charge >= 0.3 is 7.60 Å². The van der Waals surface area contributed by atoms with Gasteiger partial charge in [-0.1, -0.05) is 36.4 Å². The minimum atomic E-state index is -3.78. The van der Waals surface area contributed by atoms with E-state index in [-0.39, 0.29) is 5.49 Å². The molecule has 0 radical (unpaired) electrons. The smallest absolute Gasteiger partial charge is 0.335 e. The molecule has 2 aromatic carbocycles. The van der Waals surface area contributed by atoms with Crippen molar-refractivity contribution in [1.82, 2.24) is 0 Å². The van der Waals surface area contributed by atoms with Gasteiger partial charge in [0.25, 0.3) is 0 Å². The summed E-state index contributed by atoms with van der Waals surface area (Å²) in [5.74, 6) is 2.41. The van der Waals surface area contributed by atoms with Gasteiger partial charge in [0.15, 0.2) is 0 Å². The maximum Gasteiger partial charge on any atom is 0.335 e. The molecule has 0 spiro atoms. The lowest BCUT2D eigenvalue weighted by Gasteiger charge is -2.01. The summed E-state index contributed by atoms with van der Waals surface area (Å²) in [5, 5.41) is 18.5. The Morgan fingerprint density at radius 3 is 1.48 bits per heavy atom. The molecular weight excluding hydrogens is 423 g/mol. The monoisotopic (exact) mass is 450 g/mol. The molecule has 2 rings (SSSR count). The molecule has 0 heterocycles. The molecular formula is C18H27O5PS3. The van der Waals surface area contributed by atoms with Crippen LogP contribution in [-0.2, 0) is 17.4 Å². The van der Waals surface area contributed by atoms with Crippen LogP contribution in [0.1, 0.15) is 17.5 Å². The Balaban J connectivity index is 0.000000394. The second-order valence-electron chi connectivity index (χ2n) is 5.36. The zero-order chi connectivity index (χ0) is 20.7. The van der Waals surface area contributed by atoms with Gasteiger partial charge in [0.1, 0.15) is 11.5 Å². The minimum absolute atomic E-state index is 0.368. The van der Waals surface area contributed by atoms with Crippen molar-refractivity contribution in [3.05, 3.63) is 59.7 Å². The van der Waals surface area contributed by atoms with Gasteiger partial charge in [-0.15, -0.1) is 0 Å². The van der Waals surface area contributed by atoms with E-state index in [0.717, 1.165) is 41.9 Å². The van der Waals surface area contributed by atoms with Crippen molar-refractivity contribution in [2.24, 2.45) is 0 Å². The Hall–Kier alpha value is -0.760. The summed E-state index contributed by atoms with van der Waals surface area (Å²) < 4.78 is 9.62. The first-order valence-electron chi connectivity index (χ1n) is 8.16. The molecule has 0 bridgehead atoms. The summed E-state index contributed by atoms with van der Waals surface area (Å²) in [6.45, 7) is 0. The lowest BCUT2D eigenvalue weighted by atomic mass is 10.1. The topological polar surface area (TPSA) is 98.0 Å². The number of phenols is 2. The largest absolute Gasteiger partial charge is 0.508 e. The van der Waals surface area contributed by atoms with E-state index < -0.39 is 7.60 Å². The van der Waals surface area contributed by atoms with Crippen molar-refractivity contribution in [2.45, 2.75) is 19.3 Å². The van der Waals surface area contributed by atoms with Crippen LogP contribution in [-0.4, -0.2) is 37.0 Å². The zero-order valence-electron chi connectivity index (χ0n) is 14.8. The number of para-hydroxylation sites is 2. The van der Waals surface area contributed by atoms with Crippen LogP contribution in [0.3, 0.4) is 0 Å². The number of hydrogen-bond donors (Lipinski definition) is 7. The van der Waals surface area contributed by atoms with Gasteiger partial charge in [0, 0.05) is 0 Å². The van der Waals surface area contributed by atoms with E-state index in [4.69, 9.17) is 9.79 Å².